The van der Waals surface area contributed by atoms with Crippen LogP contribution in [0.3, 0.4) is 0 Å². The van der Waals surface area contributed by atoms with Crippen LogP contribution in [0.1, 0.15) is 60.0 Å². The lowest BCUT2D eigenvalue weighted by atomic mass is 9.82. The van der Waals surface area contributed by atoms with Gasteiger partial charge in [-0.2, -0.15) is 5.01 Å². The summed E-state index contributed by atoms with van der Waals surface area (Å²) in [5, 5.41) is 4.36. The fourth-order valence-corrected chi connectivity index (χ4v) is 4.94. The molecule has 1 spiro atoms. The number of nitrogens with one attached hydrogen (secondary N) is 2. The number of benzene rings is 1. The molecule has 2 fully saturated rings. The van der Waals surface area contributed by atoms with E-state index in [0.29, 0.717) is 23.4 Å². The van der Waals surface area contributed by atoms with E-state index >= 15 is 0 Å². The maximum atomic E-state index is 12.8. The summed E-state index contributed by atoms with van der Waals surface area (Å²) in [7, 11) is 0. The number of carbonyl (C=O) groups is 3. The van der Waals surface area contributed by atoms with Gasteiger partial charge in [-0.05, 0) is 31.7 Å². The van der Waals surface area contributed by atoms with E-state index in [-0.39, 0.29) is 5.91 Å². The van der Waals surface area contributed by atoms with E-state index in [4.69, 9.17) is 0 Å². The first kappa shape index (κ1) is 19.6. The minimum Gasteiger partial charge on any atom is -0.322 e. The number of nitrogens with zero attached hydrogens (tertiary/aromatic N) is 2. The number of rotatable bonds is 4. The van der Waals surface area contributed by atoms with Gasteiger partial charge in [-0.15, -0.1) is 11.3 Å². The van der Waals surface area contributed by atoms with E-state index in [1.807, 2.05) is 24.3 Å². The zero-order valence-corrected chi connectivity index (χ0v) is 17.4. The minimum atomic E-state index is -0.864. The molecule has 1 aliphatic carbocycles. The van der Waals surface area contributed by atoms with Gasteiger partial charge in [-0.1, -0.05) is 50.5 Å². The van der Waals surface area contributed by atoms with Crippen molar-refractivity contribution in [1.82, 2.24) is 20.7 Å². The molecule has 4 amide bonds. The Labute approximate surface area is 173 Å². The molecule has 29 heavy (non-hydrogen) atoms. The summed E-state index contributed by atoms with van der Waals surface area (Å²) in [6, 6.07) is 7.50. The van der Waals surface area contributed by atoms with Gasteiger partial charge in [0.1, 0.15) is 15.4 Å². The molecule has 2 N–H and O–H groups in total. The van der Waals surface area contributed by atoms with E-state index in [2.05, 4.69) is 22.7 Å². The number of hydrazine groups is 1. The van der Waals surface area contributed by atoms with Gasteiger partial charge >= 0.3 is 6.03 Å². The van der Waals surface area contributed by atoms with Crippen molar-refractivity contribution in [1.29, 1.82) is 0 Å². The SMILES string of the molecule is CCc1ccc(-c2nc(C)c(C(=O)NN3C(=O)NC4(CCCCC4)C3=O)s2)cc1. The van der Waals surface area contributed by atoms with E-state index in [1.54, 1.807) is 6.92 Å². The van der Waals surface area contributed by atoms with E-state index in [9.17, 15) is 14.4 Å². The first-order chi connectivity index (χ1) is 13.9. The number of hydrogen-bond acceptors (Lipinski definition) is 5. The number of thiazole rings is 1. The molecule has 0 radical (unpaired) electrons. The highest BCUT2D eigenvalue weighted by Gasteiger charge is 2.52. The lowest BCUT2D eigenvalue weighted by Gasteiger charge is -2.30. The Balaban J connectivity index is 1.52. The van der Waals surface area contributed by atoms with Gasteiger partial charge in [0, 0.05) is 5.56 Å². The second-order valence-electron chi connectivity index (χ2n) is 7.64. The molecule has 0 unspecified atom stereocenters. The second kappa shape index (κ2) is 7.59. The molecule has 1 aromatic carbocycles. The zero-order chi connectivity index (χ0) is 20.6. The van der Waals surface area contributed by atoms with Gasteiger partial charge < -0.3 is 5.32 Å². The summed E-state index contributed by atoms with van der Waals surface area (Å²) in [6.07, 6.45) is 5.02. The van der Waals surface area contributed by atoms with Gasteiger partial charge in [0.05, 0.1) is 5.69 Å². The number of aromatic nitrogens is 1. The molecule has 1 aliphatic heterocycles. The molecule has 7 nitrogen and oxygen atoms in total. The highest BCUT2D eigenvalue weighted by atomic mass is 32.1. The number of aryl methyl sites for hydroxylation is 2. The molecule has 0 atom stereocenters. The summed E-state index contributed by atoms with van der Waals surface area (Å²) < 4.78 is 0. The van der Waals surface area contributed by atoms with E-state index in [1.165, 1.54) is 16.9 Å². The third-order valence-electron chi connectivity index (χ3n) is 5.69. The summed E-state index contributed by atoms with van der Waals surface area (Å²) in [4.78, 5) is 42.9. The van der Waals surface area contributed by atoms with Crippen molar-refractivity contribution in [3.63, 3.8) is 0 Å². The molecule has 1 aromatic heterocycles. The maximum Gasteiger partial charge on any atom is 0.344 e. The zero-order valence-electron chi connectivity index (χ0n) is 16.6. The molecule has 4 rings (SSSR count). The van der Waals surface area contributed by atoms with Crippen LogP contribution in [0.5, 0.6) is 0 Å². The van der Waals surface area contributed by atoms with E-state index in [0.717, 1.165) is 41.3 Å². The van der Waals surface area contributed by atoms with Crippen molar-refractivity contribution in [3.05, 3.63) is 40.4 Å². The van der Waals surface area contributed by atoms with Gasteiger partial charge in [0.15, 0.2) is 0 Å². The Morgan fingerprint density at radius 1 is 1.21 bits per heavy atom. The van der Waals surface area contributed by atoms with Gasteiger partial charge in [0.2, 0.25) is 0 Å². The molecule has 0 bridgehead atoms. The topological polar surface area (TPSA) is 91.4 Å². The van der Waals surface area contributed by atoms with Crippen LogP contribution >= 0.6 is 11.3 Å². The van der Waals surface area contributed by atoms with Crippen LogP contribution in [0, 0.1) is 6.92 Å². The normalized spacial score (nSPS) is 18.2. The number of urea groups is 1. The molecule has 1 saturated carbocycles. The van der Waals surface area contributed by atoms with E-state index < -0.39 is 17.5 Å². The average molecular weight is 413 g/mol. The van der Waals surface area contributed by atoms with Gasteiger partial charge in [0.25, 0.3) is 11.8 Å². The third-order valence-corrected chi connectivity index (χ3v) is 6.90. The van der Waals surface area contributed by atoms with Crippen molar-refractivity contribution < 1.29 is 14.4 Å². The minimum absolute atomic E-state index is 0.368. The van der Waals surface area contributed by atoms with Crippen LogP contribution in [0.15, 0.2) is 24.3 Å². The number of carbonyl (C=O) groups excluding carboxylic acids is 3. The molecule has 152 valence electrons. The highest BCUT2D eigenvalue weighted by Crippen LogP contribution is 2.33. The van der Waals surface area contributed by atoms with Crippen molar-refractivity contribution in [2.24, 2.45) is 0 Å². The molecule has 8 heteroatoms. The summed E-state index contributed by atoms with van der Waals surface area (Å²) in [5.74, 6) is -0.860. The first-order valence-electron chi connectivity index (χ1n) is 9.98. The fourth-order valence-electron chi connectivity index (χ4n) is 3.98. The van der Waals surface area contributed by atoms with Crippen molar-refractivity contribution in [3.8, 4) is 10.6 Å². The standard InChI is InChI=1S/C21H24N4O3S/c1-3-14-7-9-15(10-8-14)18-22-13(2)16(29-18)17(26)24-25-19(27)21(23-20(25)28)11-5-4-6-12-21/h7-10H,3-6,11-12H2,1-2H3,(H,23,28)(H,24,26). The van der Waals surface area contributed by atoms with Crippen molar-refractivity contribution in [2.75, 3.05) is 0 Å². The Morgan fingerprint density at radius 2 is 1.90 bits per heavy atom. The van der Waals surface area contributed by atoms with Gasteiger partial charge in [-0.3, -0.25) is 15.0 Å². The quantitative estimate of drug-likeness (QED) is 0.751. The lowest BCUT2D eigenvalue weighted by Crippen LogP contribution is -2.50. The van der Waals surface area contributed by atoms with Crippen LogP contribution in [-0.2, 0) is 11.2 Å². The van der Waals surface area contributed by atoms with Crippen LogP contribution < -0.4 is 10.7 Å². The summed E-state index contributed by atoms with van der Waals surface area (Å²) >= 11 is 1.25. The van der Waals surface area contributed by atoms with Crippen LogP contribution in [0.2, 0.25) is 0 Å². The summed E-state index contributed by atoms with van der Waals surface area (Å²) in [5.41, 5.74) is 4.37. The monoisotopic (exact) mass is 412 g/mol. The predicted molar refractivity (Wildman–Crippen MR) is 110 cm³/mol. The average Bonchev–Trinajstić information content (AvgIpc) is 3.22. The maximum absolute atomic E-state index is 12.8. The molecule has 2 heterocycles. The summed E-state index contributed by atoms with van der Waals surface area (Å²) in [6.45, 7) is 3.85. The third kappa shape index (κ3) is 3.53. The molecule has 2 aliphatic rings. The van der Waals surface area contributed by atoms with Gasteiger partial charge in [-0.25, -0.2) is 9.78 Å². The van der Waals surface area contributed by atoms with Crippen LogP contribution in [0.25, 0.3) is 10.6 Å². The van der Waals surface area contributed by atoms with Crippen molar-refractivity contribution in [2.45, 2.75) is 57.9 Å². The highest BCUT2D eigenvalue weighted by molar-refractivity contribution is 7.17. The Morgan fingerprint density at radius 3 is 2.55 bits per heavy atom. The lowest BCUT2D eigenvalue weighted by molar-refractivity contribution is -0.134. The Bertz CT molecular complexity index is 961. The number of amides is 4. The van der Waals surface area contributed by atoms with Crippen LogP contribution in [-0.4, -0.2) is 33.4 Å². The predicted octanol–water partition coefficient (Wildman–Crippen LogP) is 3.58. The van der Waals surface area contributed by atoms with Crippen molar-refractivity contribution >= 4 is 29.2 Å². The smallest absolute Gasteiger partial charge is 0.322 e. The molecular formula is C21H24N4O3S. The molecule has 1 saturated heterocycles. The Hall–Kier alpha value is -2.74. The number of imide groups is 1. The number of hydrogen-bond donors (Lipinski definition) is 2. The molecule has 2 aromatic rings. The largest absolute Gasteiger partial charge is 0.344 e. The molecular weight excluding hydrogens is 388 g/mol. The Kier molecular flexibility index (Phi) is 5.12. The van der Waals surface area contributed by atoms with Crippen LogP contribution in [0.4, 0.5) is 4.79 Å². The second-order valence-corrected chi connectivity index (χ2v) is 8.64. The fraction of sp³-hybridized carbons (Fsp3) is 0.429. The first-order valence-corrected chi connectivity index (χ1v) is 10.8.